The molecule has 4 heteroatoms. The molecule has 0 fully saturated rings. The predicted molar refractivity (Wildman–Crippen MR) is 70.1 cm³/mol. The zero-order chi connectivity index (χ0) is 13.1. The first kappa shape index (κ1) is 14.2. The monoisotopic (exact) mass is 239 g/mol. The van der Waals surface area contributed by atoms with E-state index in [1.807, 2.05) is 17.9 Å². The van der Waals surface area contributed by atoms with Crippen LogP contribution in [0.4, 0.5) is 0 Å². The van der Waals surface area contributed by atoms with Crippen LogP contribution < -0.4 is 5.32 Å². The van der Waals surface area contributed by atoms with Gasteiger partial charge in [-0.3, -0.25) is 4.68 Å². The van der Waals surface area contributed by atoms with E-state index in [1.54, 1.807) is 0 Å². The quantitative estimate of drug-likeness (QED) is 0.856. The summed E-state index contributed by atoms with van der Waals surface area (Å²) in [7, 11) is 1.98. The van der Waals surface area contributed by atoms with E-state index in [2.05, 4.69) is 45.0 Å². The van der Waals surface area contributed by atoms with Crippen molar-refractivity contribution in [1.82, 2.24) is 15.1 Å². The largest absolute Gasteiger partial charge is 0.374 e. The number of hydrogen-bond acceptors (Lipinski definition) is 3. The second-order valence-electron chi connectivity index (χ2n) is 5.37. The molecule has 1 N–H and O–H groups in total. The predicted octanol–water partition coefficient (Wildman–Crippen LogP) is 2.19. The highest BCUT2D eigenvalue weighted by molar-refractivity contribution is 5.19. The summed E-state index contributed by atoms with van der Waals surface area (Å²) in [5.74, 6) is 0. The van der Waals surface area contributed by atoms with E-state index in [0.717, 1.165) is 6.54 Å². The van der Waals surface area contributed by atoms with Crippen molar-refractivity contribution in [2.24, 2.45) is 7.05 Å². The van der Waals surface area contributed by atoms with Gasteiger partial charge in [-0.15, -0.1) is 0 Å². The van der Waals surface area contributed by atoms with Crippen molar-refractivity contribution in [1.29, 1.82) is 0 Å². The van der Waals surface area contributed by atoms with Crippen molar-refractivity contribution in [3.8, 4) is 0 Å². The van der Waals surface area contributed by atoms with Crippen molar-refractivity contribution in [2.75, 3.05) is 13.2 Å². The highest BCUT2D eigenvalue weighted by atomic mass is 16.5. The minimum Gasteiger partial charge on any atom is -0.374 e. The maximum Gasteiger partial charge on any atom is 0.0732 e. The molecule has 0 saturated heterocycles. The van der Waals surface area contributed by atoms with Crippen LogP contribution in [0.15, 0.2) is 6.20 Å². The zero-order valence-corrected chi connectivity index (χ0v) is 11.9. The molecule has 98 valence electrons. The Morgan fingerprint density at radius 2 is 2.12 bits per heavy atom. The number of ether oxygens (including phenoxy) is 1. The first-order chi connectivity index (χ1) is 7.85. The average Bonchev–Trinajstić information content (AvgIpc) is 2.53. The van der Waals surface area contributed by atoms with E-state index in [1.165, 1.54) is 11.3 Å². The van der Waals surface area contributed by atoms with Crippen LogP contribution in [0.1, 0.15) is 45.0 Å². The molecular formula is C13H25N3O. The molecule has 1 aromatic heterocycles. The summed E-state index contributed by atoms with van der Waals surface area (Å²) in [6, 6.07) is 0.201. The van der Waals surface area contributed by atoms with Crippen molar-refractivity contribution in [2.45, 2.75) is 46.3 Å². The molecule has 0 amide bonds. The first-order valence-corrected chi connectivity index (χ1v) is 6.21. The fourth-order valence-corrected chi connectivity index (χ4v) is 1.87. The van der Waals surface area contributed by atoms with Crippen molar-refractivity contribution in [3.63, 3.8) is 0 Å². The Morgan fingerprint density at radius 3 is 2.53 bits per heavy atom. The summed E-state index contributed by atoms with van der Waals surface area (Å²) in [4.78, 5) is 0. The molecule has 1 aromatic rings. The summed E-state index contributed by atoms with van der Waals surface area (Å²) in [6.45, 7) is 12.0. The van der Waals surface area contributed by atoms with Crippen LogP contribution in [-0.2, 0) is 11.8 Å². The van der Waals surface area contributed by atoms with Gasteiger partial charge in [-0.1, -0.05) is 6.92 Å². The van der Waals surface area contributed by atoms with E-state index < -0.39 is 0 Å². The molecule has 17 heavy (non-hydrogen) atoms. The Balaban J connectivity index is 2.79. The van der Waals surface area contributed by atoms with Crippen molar-refractivity contribution < 1.29 is 4.74 Å². The normalized spacial score (nSPS) is 14.0. The van der Waals surface area contributed by atoms with Crippen LogP contribution in [-0.4, -0.2) is 28.5 Å². The molecule has 0 saturated carbocycles. The van der Waals surface area contributed by atoms with Gasteiger partial charge in [0.2, 0.25) is 0 Å². The summed E-state index contributed by atoms with van der Waals surface area (Å²) < 4.78 is 7.80. The van der Waals surface area contributed by atoms with Crippen LogP contribution >= 0.6 is 0 Å². The van der Waals surface area contributed by atoms with Gasteiger partial charge in [0.1, 0.15) is 0 Å². The Kier molecular flexibility index (Phi) is 4.71. The Bertz CT molecular complexity index is 333. The zero-order valence-electron chi connectivity index (χ0n) is 11.9. The Labute approximate surface area is 104 Å². The van der Waals surface area contributed by atoms with Crippen LogP contribution in [0.5, 0.6) is 0 Å². The van der Waals surface area contributed by atoms with Gasteiger partial charge in [0.15, 0.2) is 0 Å². The molecule has 0 aliphatic carbocycles. The van der Waals surface area contributed by atoms with Gasteiger partial charge in [0.05, 0.1) is 30.1 Å². The summed E-state index contributed by atoms with van der Waals surface area (Å²) in [6.07, 6.45) is 1.90. The molecule has 0 aromatic carbocycles. The number of nitrogens with zero attached hydrogens (tertiary/aromatic N) is 2. The van der Waals surface area contributed by atoms with E-state index in [0.29, 0.717) is 6.61 Å². The molecule has 1 heterocycles. The second kappa shape index (κ2) is 5.65. The third kappa shape index (κ3) is 4.13. The number of aryl methyl sites for hydroxylation is 2. The van der Waals surface area contributed by atoms with Gasteiger partial charge >= 0.3 is 0 Å². The average molecular weight is 239 g/mol. The lowest BCUT2D eigenvalue weighted by atomic mass is 10.1. The number of nitrogens with one attached hydrogen (secondary N) is 1. The minimum atomic E-state index is -0.111. The van der Waals surface area contributed by atoms with E-state index in [9.17, 15) is 0 Å². The number of rotatable bonds is 5. The van der Waals surface area contributed by atoms with Crippen molar-refractivity contribution >= 4 is 0 Å². The third-order valence-corrected chi connectivity index (χ3v) is 2.64. The smallest absolute Gasteiger partial charge is 0.0732 e. The molecule has 1 rings (SSSR count). The van der Waals surface area contributed by atoms with Crippen LogP contribution in [0.25, 0.3) is 0 Å². The molecule has 0 aliphatic rings. The fourth-order valence-electron chi connectivity index (χ4n) is 1.87. The van der Waals surface area contributed by atoms with Gasteiger partial charge in [-0.2, -0.15) is 5.10 Å². The topological polar surface area (TPSA) is 39.1 Å². The summed E-state index contributed by atoms with van der Waals surface area (Å²) >= 11 is 0. The van der Waals surface area contributed by atoms with E-state index in [4.69, 9.17) is 4.74 Å². The SMILES string of the molecule is CCNC(COC(C)(C)C)c1c(C)cnn1C. The third-order valence-electron chi connectivity index (χ3n) is 2.64. The minimum absolute atomic E-state index is 0.111. The van der Waals surface area contributed by atoms with Gasteiger partial charge in [0, 0.05) is 7.05 Å². The maximum absolute atomic E-state index is 5.87. The lowest BCUT2D eigenvalue weighted by Crippen LogP contribution is -2.32. The van der Waals surface area contributed by atoms with Gasteiger partial charge in [-0.05, 0) is 39.8 Å². The van der Waals surface area contributed by atoms with E-state index >= 15 is 0 Å². The van der Waals surface area contributed by atoms with Crippen LogP contribution in [0.2, 0.25) is 0 Å². The Morgan fingerprint density at radius 1 is 1.47 bits per heavy atom. The molecular weight excluding hydrogens is 214 g/mol. The molecule has 1 unspecified atom stereocenters. The standard InChI is InChI=1S/C13H25N3O/c1-7-14-11(9-17-13(3,4)5)12-10(2)8-15-16(12)6/h8,11,14H,7,9H2,1-6H3. The lowest BCUT2D eigenvalue weighted by Gasteiger charge is -2.25. The summed E-state index contributed by atoms with van der Waals surface area (Å²) in [5.41, 5.74) is 2.30. The Hall–Kier alpha value is -0.870. The maximum atomic E-state index is 5.87. The van der Waals surface area contributed by atoms with Crippen LogP contribution in [0, 0.1) is 6.92 Å². The number of likely N-dealkylation sites (N-methyl/N-ethyl adjacent to an activating group) is 1. The molecule has 4 nitrogen and oxygen atoms in total. The number of hydrogen-bond donors (Lipinski definition) is 1. The first-order valence-electron chi connectivity index (χ1n) is 6.21. The fraction of sp³-hybridized carbons (Fsp3) is 0.769. The molecule has 0 aliphatic heterocycles. The number of aromatic nitrogens is 2. The van der Waals surface area contributed by atoms with Gasteiger partial charge < -0.3 is 10.1 Å². The lowest BCUT2D eigenvalue weighted by molar-refractivity contribution is -0.0156. The molecule has 0 radical (unpaired) electrons. The van der Waals surface area contributed by atoms with Crippen LogP contribution in [0.3, 0.4) is 0 Å². The molecule has 0 spiro atoms. The van der Waals surface area contributed by atoms with Crippen molar-refractivity contribution in [3.05, 3.63) is 17.5 Å². The van der Waals surface area contributed by atoms with Gasteiger partial charge in [0.25, 0.3) is 0 Å². The van der Waals surface area contributed by atoms with E-state index in [-0.39, 0.29) is 11.6 Å². The highest BCUT2D eigenvalue weighted by Crippen LogP contribution is 2.19. The second-order valence-corrected chi connectivity index (χ2v) is 5.37. The highest BCUT2D eigenvalue weighted by Gasteiger charge is 2.20. The molecule has 1 atom stereocenters. The molecule has 0 bridgehead atoms. The van der Waals surface area contributed by atoms with Gasteiger partial charge in [-0.25, -0.2) is 0 Å². The summed E-state index contributed by atoms with van der Waals surface area (Å²) in [5, 5.41) is 7.74.